The van der Waals surface area contributed by atoms with Gasteiger partial charge in [-0.3, -0.25) is 9.11 Å². The number of piperidine rings is 1. The molecule has 4 N–H and O–H groups in total. The van der Waals surface area contributed by atoms with Crippen LogP contribution in [0.15, 0.2) is 0 Å². The lowest BCUT2D eigenvalue weighted by atomic mass is 10.1. The average Bonchev–Trinajstić information content (AvgIpc) is 1.85. The maximum Gasteiger partial charge on any atom is 0.0416 e. The van der Waals surface area contributed by atoms with Crippen molar-refractivity contribution in [3.63, 3.8) is 0 Å². The monoisotopic (exact) mass is 182 g/mol. The van der Waals surface area contributed by atoms with E-state index < -0.39 is 10.8 Å². The zero-order chi connectivity index (χ0) is 8.32. The van der Waals surface area contributed by atoms with Gasteiger partial charge >= 0.3 is 0 Å². The highest BCUT2D eigenvalue weighted by Gasteiger charge is 2.16. The van der Waals surface area contributed by atoms with Crippen molar-refractivity contribution in [2.45, 2.75) is 18.9 Å². The largest absolute Gasteiger partial charge is 0.317 e. The van der Waals surface area contributed by atoms with E-state index in [1.165, 1.54) is 6.26 Å². The third-order valence-electron chi connectivity index (χ3n) is 1.73. The van der Waals surface area contributed by atoms with Crippen LogP contribution in [0, 0.1) is 0 Å². The highest BCUT2D eigenvalue weighted by molar-refractivity contribution is 8.22. The summed E-state index contributed by atoms with van der Waals surface area (Å²) in [4.78, 5) is 0. The van der Waals surface area contributed by atoms with Gasteiger partial charge in [0.05, 0.1) is 0 Å². The number of rotatable bonds is 2. The Morgan fingerprint density at radius 3 is 2.45 bits per heavy atom. The van der Waals surface area contributed by atoms with Gasteiger partial charge < -0.3 is 5.32 Å². The van der Waals surface area contributed by atoms with E-state index in [0.717, 1.165) is 25.9 Å². The molecule has 1 fully saturated rings. The third kappa shape index (κ3) is 3.93. The predicted octanol–water partition coefficient (Wildman–Crippen LogP) is 0.869. The van der Waals surface area contributed by atoms with E-state index in [1.807, 2.05) is 0 Å². The van der Waals surface area contributed by atoms with Crippen molar-refractivity contribution < 1.29 is 10.5 Å². The summed E-state index contributed by atoms with van der Waals surface area (Å²) >= 11 is 0. The van der Waals surface area contributed by atoms with Crippen molar-refractivity contribution in [2.75, 3.05) is 19.3 Å². The fourth-order valence-electron chi connectivity index (χ4n) is 1.26. The normalized spacial score (nSPS) is 23.5. The Hall–Kier alpha value is 0.190. The van der Waals surface area contributed by atoms with Gasteiger partial charge in [0.1, 0.15) is 0 Å². The second-order valence-electron chi connectivity index (χ2n) is 2.98. The smallest absolute Gasteiger partial charge is 0.0416 e. The first-order valence-corrected chi connectivity index (χ1v) is 5.74. The molecule has 0 saturated carbocycles. The quantitative estimate of drug-likeness (QED) is 0.511. The molecule has 1 rings (SSSR count). The first kappa shape index (κ1) is 9.28. The van der Waals surface area contributed by atoms with Crippen molar-refractivity contribution in [3.8, 4) is 0 Å². The van der Waals surface area contributed by atoms with Crippen molar-refractivity contribution in [1.82, 2.24) is 10.0 Å². The molecule has 0 aromatic rings. The van der Waals surface area contributed by atoms with Gasteiger partial charge in [-0.25, -0.2) is 4.72 Å². The number of nitrogens with one attached hydrogen (secondary N) is 2. The van der Waals surface area contributed by atoms with E-state index in [2.05, 4.69) is 10.0 Å². The SMILES string of the molecule is CS(O)(O)NC1CCNCC1.[HH]. The summed E-state index contributed by atoms with van der Waals surface area (Å²) in [5, 5.41) is 3.21. The summed E-state index contributed by atoms with van der Waals surface area (Å²) in [6.45, 7) is 1.93. The van der Waals surface area contributed by atoms with Crippen LogP contribution in [-0.2, 0) is 0 Å². The Morgan fingerprint density at radius 2 is 2.00 bits per heavy atom. The van der Waals surface area contributed by atoms with Gasteiger partial charge in [0.15, 0.2) is 0 Å². The van der Waals surface area contributed by atoms with E-state index in [4.69, 9.17) is 9.11 Å². The highest BCUT2D eigenvalue weighted by Crippen LogP contribution is 2.29. The van der Waals surface area contributed by atoms with Crippen molar-refractivity contribution >= 4 is 10.8 Å². The molecule has 1 saturated heterocycles. The van der Waals surface area contributed by atoms with Crippen molar-refractivity contribution in [1.29, 1.82) is 0 Å². The molecule has 70 valence electrons. The molecule has 0 aromatic carbocycles. The van der Waals surface area contributed by atoms with E-state index in [9.17, 15) is 0 Å². The lowest BCUT2D eigenvalue weighted by Gasteiger charge is -2.34. The molecule has 5 heteroatoms. The third-order valence-corrected chi connectivity index (χ3v) is 2.51. The van der Waals surface area contributed by atoms with Crippen LogP contribution >= 0.6 is 10.8 Å². The van der Waals surface area contributed by atoms with Gasteiger partial charge in [-0.2, -0.15) is 0 Å². The second-order valence-corrected chi connectivity index (χ2v) is 4.88. The second kappa shape index (κ2) is 3.73. The predicted molar refractivity (Wildman–Crippen MR) is 49.9 cm³/mol. The molecule has 0 amide bonds. The van der Waals surface area contributed by atoms with Crippen molar-refractivity contribution in [2.24, 2.45) is 0 Å². The summed E-state index contributed by atoms with van der Waals surface area (Å²) in [5.41, 5.74) is 0. The standard InChI is InChI=1S/C6H16N2O2S.H2/c1-11(9,10)8-6-2-4-7-5-3-6;/h6-10H,2-5H2,1H3;1H. The molecule has 0 spiro atoms. The van der Waals surface area contributed by atoms with Crippen LogP contribution in [0.3, 0.4) is 0 Å². The molecule has 1 aliphatic rings. The van der Waals surface area contributed by atoms with E-state index in [1.54, 1.807) is 0 Å². The molecule has 0 aliphatic carbocycles. The maximum atomic E-state index is 9.08. The first-order chi connectivity index (χ1) is 5.08. The fraction of sp³-hybridized carbons (Fsp3) is 1.00. The van der Waals surface area contributed by atoms with Crippen molar-refractivity contribution in [3.05, 3.63) is 0 Å². The minimum atomic E-state index is -2.50. The van der Waals surface area contributed by atoms with Crippen LogP contribution in [0.1, 0.15) is 14.3 Å². The van der Waals surface area contributed by atoms with Crippen LogP contribution in [0.25, 0.3) is 0 Å². The minimum Gasteiger partial charge on any atom is -0.317 e. The summed E-state index contributed by atoms with van der Waals surface area (Å²) in [6, 6.07) is 0.270. The molecule has 1 aliphatic heterocycles. The Labute approximate surface area is 70.3 Å². The Kier molecular flexibility index (Phi) is 3.15. The summed E-state index contributed by atoms with van der Waals surface area (Å²) in [6.07, 6.45) is 3.38. The van der Waals surface area contributed by atoms with E-state index in [0.29, 0.717) is 0 Å². The molecular weight excluding hydrogens is 164 g/mol. The Bertz CT molecular complexity index is 125. The molecule has 0 aromatic heterocycles. The molecule has 0 bridgehead atoms. The van der Waals surface area contributed by atoms with Gasteiger partial charge in [-0.15, -0.1) is 10.8 Å². The Balaban J connectivity index is 0.00000121. The molecule has 1 heterocycles. The molecule has 0 radical (unpaired) electrons. The molecule has 0 unspecified atom stereocenters. The zero-order valence-corrected chi connectivity index (χ0v) is 7.52. The highest BCUT2D eigenvalue weighted by atomic mass is 32.3. The van der Waals surface area contributed by atoms with Gasteiger partial charge in [0, 0.05) is 13.7 Å². The fourth-order valence-corrected chi connectivity index (χ4v) is 2.12. The lowest BCUT2D eigenvalue weighted by Crippen LogP contribution is -2.40. The van der Waals surface area contributed by atoms with Crippen LogP contribution in [0.4, 0.5) is 0 Å². The van der Waals surface area contributed by atoms with Gasteiger partial charge in [-0.1, -0.05) is 0 Å². The zero-order valence-electron chi connectivity index (χ0n) is 6.71. The summed E-state index contributed by atoms with van der Waals surface area (Å²) in [5.74, 6) is 0. The van der Waals surface area contributed by atoms with Crippen LogP contribution < -0.4 is 10.0 Å². The first-order valence-electron chi connectivity index (χ1n) is 3.79. The molecule has 4 nitrogen and oxygen atoms in total. The Morgan fingerprint density at radius 1 is 1.45 bits per heavy atom. The van der Waals surface area contributed by atoms with E-state index >= 15 is 0 Å². The number of hydrogen-bond donors (Lipinski definition) is 4. The van der Waals surface area contributed by atoms with Crippen LogP contribution in [-0.4, -0.2) is 34.5 Å². The minimum absolute atomic E-state index is 0. The molecule has 0 atom stereocenters. The van der Waals surface area contributed by atoms with Gasteiger partial charge in [-0.05, 0) is 25.9 Å². The summed E-state index contributed by atoms with van der Waals surface area (Å²) in [7, 11) is -2.50. The average molecular weight is 182 g/mol. The lowest BCUT2D eigenvalue weighted by molar-refractivity contribution is 0.401. The topological polar surface area (TPSA) is 64.5 Å². The molecule has 11 heavy (non-hydrogen) atoms. The van der Waals surface area contributed by atoms with Crippen LogP contribution in [0.2, 0.25) is 0 Å². The van der Waals surface area contributed by atoms with Crippen LogP contribution in [0.5, 0.6) is 0 Å². The molecular formula is C6H18N2O2S. The van der Waals surface area contributed by atoms with Gasteiger partial charge in [0.25, 0.3) is 0 Å². The number of hydrogen-bond acceptors (Lipinski definition) is 4. The van der Waals surface area contributed by atoms with E-state index in [-0.39, 0.29) is 7.47 Å². The van der Waals surface area contributed by atoms with Gasteiger partial charge in [0.2, 0.25) is 0 Å². The maximum absolute atomic E-state index is 9.08. The summed E-state index contributed by atoms with van der Waals surface area (Å²) < 4.78 is 21.0.